The van der Waals surface area contributed by atoms with Crippen LogP contribution in [-0.4, -0.2) is 123 Å². The summed E-state index contributed by atoms with van der Waals surface area (Å²) < 4.78 is 46.2. The molecule has 7 heterocycles. The van der Waals surface area contributed by atoms with Crippen LogP contribution in [0.25, 0.3) is 22.0 Å². The third-order valence-electron chi connectivity index (χ3n) is 13.4. The van der Waals surface area contributed by atoms with Crippen LogP contribution < -0.4 is 15.0 Å². The molecule has 71 heavy (non-hydrogen) atoms. The van der Waals surface area contributed by atoms with Gasteiger partial charge >= 0.3 is 0 Å². The number of carbonyl (C=O) groups is 5. The van der Waals surface area contributed by atoms with Crippen LogP contribution in [-0.2, 0) is 51.7 Å². The Morgan fingerprint density at radius 3 is 2.44 bits per heavy atom. The molecular formula is C52H58F2N10O7. The van der Waals surface area contributed by atoms with E-state index in [1.807, 2.05) is 41.9 Å². The number of benzene rings is 2. The molecule has 0 saturated carbocycles. The van der Waals surface area contributed by atoms with Crippen molar-refractivity contribution in [2.45, 2.75) is 90.1 Å². The number of fused-ring (bicyclic) bond motifs is 3. The number of aldehydes is 3. The van der Waals surface area contributed by atoms with Gasteiger partial charge in [-0.05, 0) is 93.7 Å². The fraction of sp³-hybridized carbons (Fsp3) is 0.404. The van der Waals surface area contributed by atoms with Gasteiger partial charge in [-0.3, -0.25) is 33.7 Å². The fourth-order valence-electron chi connectivity index (χ4n) is 9.50. The van der Waals surface area contributed by atoms with Crippen molar-refractivity contribution in [1.82, 2.24) is 44.4 Å². The standard InChI is InChI=1S/C44H42F2N8O5.C8H16N2O2/c1-27(57)51-12-7-40-38(23-51)44(50-54(40)32-8-13-58-14-9-32)53-11-2-3-29-16-34(35(43(45)46)17-41(29)53)37-22-52(39-6-10-47-20-36(37)39)21-28-18-48-42(49-19-28)26-59-33-5-4-30(24-55)31(15-33)25-56;1-9-8(12)5-4-7(6-11)10(2)3/h4-6,10,15-20,22,24-25,32,43H,2-3,7-9,11-14,21,23,26H2,1H3;6-7H,4-5H2,1-3H3,(H,9,12). The molecule has 2 aromatic carbocycles. The van der Waals surface area contributed by atoms with E-state index in [2.05, 4.69) is 29.9 Å². The van der Waals surface area contributed by atoms with Crippen molar-refractivity contribution in [3.05, 3.63) is 112 Å². The smallest absolute Gasteiger partial charge is 0.264 e. The summed E-state index contributed by atoms with van der Waals surface area (Å²) in [4.78, 5) is 75.4. The van der Waals surface area contributed by atoms with Crippen molar-refractivity contribution >= 4 is 53.1 Å². The number of hydrogen-bond donors (Lipinski definition) is 1. The number of pyridine rings is 1. The maximum absolute atomic E-state index is 15.3. The van der Waals surface area contributed by atoms with E-state index in [0.717, 1.165) is 76.8 Å². The van der Waals surface area contributed by atoms with E-state index in [-0.39, 0.29) is 47.2 Å². The molecule has 0 radical (unpaired) electrons. The Hall–Kier alpha value is -7.25. The summed E-state index contributed by atoms with van der Waals surface area (Å²) >= 11 is 0. The maximum Gasteiger partial charge on any atom is 0.264 e. The molecule has 1 fully saturated rings. The number of alkyl halides is 2. The van der Waals surface area contributed by atoms with Gasteiger partial charge in [0.25, 0.3) is 6.43 Å². The van der Waals surface area contributed by atoms with Gasteiger partial charge in [-0.1, -0.05) is 0 Å². The van der Waals surface area contributed by atoms with E-state index in [1.54, 1.807) is 55.8 Å². The van der Waals surface area contributed by atoms with E-state index in [4.69, 9.17) is 14.6 Å². The highest BCUT2D eigenvalue weighted by Gasteiger charge is 2.34. The van der Waals surface area contributed by atoms with Crippen LogP contribution in [0.2, 0.25) is 0 Å². The van der Waals surface area contributed by atoms with Gasteiger partial charge < -0.3 is 34.0 Å². The first kappa shape index (κ1) is 50.1. The lowest BCUT2D eigenvalue weighted by Gasteiger charge is -2.33. The highest BCUT2D eigenvalue weighted by molar-refractivity contribution is 5.97. The molecule has 372 valence electrons. The monoisotopic (exact) mass is 972 g/mol. The van der Waals surface area contributed by atoms with Gasteiger partial charge in [0.15, 0.2) is 24.2 Å². The quantitative estimate of drug-likeness (QED) is 0.0993. The second kappa shape index (κ2) is 22.7. The van der Waals surface area contributed by atoms with Gasteiger partial charge in [0.05, 0.1) is 30.7 Å². The molecule has 1 N–H and O–H groups in total. The molecular weight excluding hydrogens is 915 g/mol. The number of hydrogen-bond acceptors (Lipinski definition) is 13. The molecule has 9 rings (SSSR count). The van der Waals surface area contributed by atoms with Crippen molar-refractivity contribution in [2.24, 2.45) is 0 Å². The van der Waals surface area contributed by atoms with Crippen LogP contribution in [0.5, 0.6) is 5.75 Å². The van der Waals surface area contributed by atoms with Gasteiger partial charge in [0.1, 0.15) is 18.6 Å². The topological polar surface area (TPSA) is 187 Å². The Morgan fingerprint density at radius 2 is 1.75 bits per heavy atom. The van der Waals surface area contributed by atoms with Crippen LogP contribution in [0.15, 0.2) is 67.4 Å². The zero-order valence-corrected chi connectivity index (χ0v) is 40.4. The van der Waals surface area contributed by atoms with Crippen LogP contribution in [0, 0.1) is 0 Å². The molecule has 3 aliphatic rings. The summed E-state index contributed by atoms with van der Waals surface area (Å²) in [7, 11) is 5.24. The van der Waals surface area contributed by atoms with Crippen LogP contribution in [0.4, 0.5) is 20.3 Å². The van der Waals surface area contributed by atoms with E-state index in [0.29, 0.717) is 93.9 Å². The predicted molar refractivity (Wildman–Crippen MR) is 261 cm³/mol. The number of aromatic nitrogens is 6. The third kappa shape index (κ3) is 11.2. The summed E-state index contributed by atoms with van der Waals surface area (Å²) in [5.74, 6) is 1.54. The lowest BCUT2D eigenvalue weighted by atomic mass is 9.91. The number of nitrogens with one attached hydrogen (secondary N) is 1. The van der Waals surface area contributed by atoms with Crippen LogP contribution in [0.3, 0.4) is 0 Å². The van der Waals surface area contributed by atoms with Crippen molar-refractivity contribution in [3.63, 3.8) is 0 Å². The summed E-state index contributed by atoms with van der Waals surface area (Å²) in [6.45, 7) is 5.00. The Labute approximate surface area is 410 Å². The van der Waals surface area contributed by atoms with E-state index >= 15 is 8.78 Å². The lowest BCUT2D eigenvalue weighted by Crippen LogP contribution is -2.36. The molecule has 1 unspecified atom stereocenters. The second-order valence-corrected chi connectivity index (χ2v) is 18.1. The zero-order chi connectivity index (χ0) is 50.2. The van der Waals surface area contributed by atoms with Gasteiger partial charge in [0, 0.05) is 134 Å². The minimum atomic E-state index is -2.76. The van der Waals surface area contributed by atoms with Gasteiger partial charge in [-0.25, -0.2) is 18.7 Å². The lowest BCUT2D eigenvalue weighted by molar-refractivity contribution is -0.129. The molecule has 17 nitrogen and oxygen atoms in total. The summed E-state index contributed by atoms with van der Waals surface area (Å²) in [6.07, 6.45) is 12.9. The Bertz CT molecular complexity index is 2900. The average Bonchev–Trinajstić information content (AvgIpc) is 3.96. The normalized spacial score (nSPS) is 15.2. The zero-order valence-electron chi connectivity index (χ0n) is 40.4. The largest absolute Gasteiger partial charge is 0.486 e. The van der Waals surface area contributed by atoms with Gasteiger partial charge in [-0.15, -0.1) is 0 Å². The number of likely N-dealkylation sites (N-methyl/N-ethyl adjacent to an activating group) is 1. The summed E-state index contributed by atoms with van der Waals surface area (Å²) in [5, 5.41) is 8.48. The molecule has 0 spiro atoms. The van der Waals surface area contributed by atoms with Crippen LogP contribution in [0.1, 0.15) is 106 Å². The Morgan fingerprint density at radius 1 is 0.972 bits per heavy atom. The highest BCUT2D eigenvalue weighted by atomic mass is 19.3. The molecule has 0 aliphatic carbocycles. The average molecular weight is 973 g/mol. The first-order valence-corrected chi connectivity index (χ1v) is 23.8. The Balaban J connectivity index is 0.000000500. The van der Waals surface area contributed by atoms with Crippen molar-refractivity contribution < 1.29 is 42.2 Å². The van der Waals surface area contributed by atoms with Crippen molar-refractivity contribution in [1.29, 1.82) is 0 Å². The summed E-state index contributed by atoms with van der Waals surface area (Å²) in [5.41, 5.74) is 6.95. The number of halogens is 2. The molecule has 3 aliphatic heterocycles. The number of amides is 2. The molecule has 2 amide bonds. The number of aryl methyl sites for hydroxylation is 1. The number of carbonyl (C=O) groups excluding carboxylic acids is 5. The third-order valence-corrected chi connectivity index (χ3v) is 13.4. The number of nitrogens with zero attached hydrogens (tertiary/aromatic N) is 9. The molecule has 4 aromatic heterocycles. The van der Waals surface area contributed by atoms with Crippen LogP contribution >= 0.6 is 0 Å². The Kier molecular flexibility index (Phi) is 16.0. The van der Waals surface area contributed by atoms with Crippen molar-refractivity contribution in [2.75, 3.05) is 52.3 Å². The molecule has 19 heteroatoms. The van der Waals surface area contributed by atoms with Gasteiger partial charge in [-0.2, -0.15) is 5.10 Å². The van der Waals surface area contributed by atoms with E-state index in [1.165, 1.54) is 12.1 Å². The number of rotatable bonds is 16. The number of anilines is 2. The second-order valence-electron chi connectivity index (χ2n) is 18.1. The molecule has 6 aromatic rings. The minimum absolute atomic E-state index is 0.00286. The minimum Gasteiger partial charge on any atom is -0.486 e. The van der Waals surface area contributed by atoms with E-state index < -0.39 is 6.43 Å². The maximum atomic E-state index is 15.3. The fourth-order valence-corrected chi connectivity index (χ4v) is 9.50. The molecule has 1 saturated heterocycles. The molecule has 1 atom stereocenters. The number of ether oxygens (including phenoxy) is 2. The first-order chi connectivity index (χ1) is 34.4. The van der Waals surface area contributed by atoms with E-state index in [9.17, 15) is 24.0 Å². The first-order valence-electron chi connectivity index (χ1n) is 23.8. The van der Waals surface area contributed by atoms with Gasteiger partial charge in [0.2, 0.25) is 11.8 Å². The SMILES string of the molecule is CC(=O)N1CCc2c(c(N3CCCc4cc(-c5cn(Cc6cnc(COc7ccc(C=O)c(C=O)c7)nc6)c6ccncc56)c(C(F)F)cc43)nn2C2CCOCC2)C1.CNC(=O)CCC(C=O)N(C)C. The summed E-state index contributed by atoms with van der Waals surface area (Å²) in [6, 6.07) is 10.1. The van der Waals surface area contributed by atoms with Crippen molar-refractivity contribution in [3.8, 4) is 16.9 Å². The predicted octanol–water partition coefficient (Wildman–Crippen LogP) is 6.86. The highest BCUT2D eigenvalue weighted by Crippen LogP contribution is 2.45. The molecule has 0 bridgehead atoms.